The first-order valence-corrected chi connectivity index (χ1v) is 12.8. The summed E-state index contributed by atoms with van der Waals surface area (Å²) in [5, 5.41) is 19.9. The Morgan fingerprint density at radius 1 is 1.00 bits per heavy atom. The van der Waals surface area contributed by atoms with Gasteiger partial charge in [-0.3, -0.25) is 4.90 Å². The Morgan fingerprint density at radius 3 is 2.27 bits per heavy atom. The van der Waals surface area contributed by atoms with Crippen molar-refractivity contribution < 1.29 is 24.4 Å². The zero-order valence-corrected chi connectivity index (χ0v) is 22.1. The maximum atomic E-state index is 10.3. The zero-order valence-electron chi connectivity index (χ0n) is 19.2. The quantitative estimate of drug-likeness (QED) is 0.308. The predicted molar refractivity (Wildman–Crippen MR) is 139 cm³/mol. The number of hydrogen-bond acceptors (Lipinski definition) is 6. The van der Waals surface area contributed by atoms with Gasteiger partial charge < -0.3 is 24.4 Å². The van der Waals surface area contributed by atoms with Crippen LogP contribution in [0.5, 0.6) is 11.5 Å². The van der Waals surface area contributed by atoms with Crippen molar-refractivity contribution in [2.75, 3.05) is 51.9 Å². The number of β-amino-alcohol motifs (C(OH)–C–C–N with tert-alkyl or cyclic N) is 1. The van der Waals surface area contributed by atoms with Gasteiger partial charge >= 0.3 is 0 Å². The van der Waals surface area contributed by atoms with Crippen LogP contribution in [-0.2, 0) is 10.2 Å². The van der Waals surface area contributed by atoms with E-state index < -0.39 is 12.2 Å². The number of benzene rings is 2. The van der Waals surface area contributed by atoms with Crippen molar-refractivity contribution in [1.29, 1.82) is 0 Å². The van der Waals surface area contributed by atoms with E-state index in [0.717, 1.165) is 52.5 Å². The lowest BCUT2D eigenvalue weighted by molar-refractivity contribution is 0.00465. The molecule has 2 atom stereocenters. The Labute approximate surface area is 214 Å². The summed E-state index contributed by atoms with van der Waals surface area (Å²) in [7, 11) is 0. The fourth-order valence-corrected chi connectivity index (χ4v) is 4.46. The van der Waals surface area contributed by atoms with Crippen LogP contribution in [0.15, 0.2) is 42.5 Å². The van der Waals surface area contributed by atoms with Gasteiger partial charge in [0, 0.05) is 25.0 Å². The molecule has 0 bridgehead atoms. The molecule has 0 saturated carbocycles. The fraction of sp³-hybridized carbons (Fsp3) is 0.520. The second-order valence-corrected chi connectivity index (χ2v) is 10.3. The highest BCUT2D eigenvalue weighted by Crippen LogP contribution is 2.35. The molecule has 1 aliphatic heterocycles. The summed E-state index contributed by atoms with van der Waals surface area (Å²) >= 11 is 7.89. The lowest BCUT2D eigenvalue weighted by Crippen LogP contribution is -2.42. The Hall–Kier alpha value is -1.10. The van der Waals surface area contributed by atoms with Crippen LogP contribution in [0.4, 0.5) is 0 Å². The largest absolute Gasteiger partial charge is 0.491 e. The SMILES string of the molecule is CC(C)(c1ccc(OC[C@H](O)CN2CCOCC2)cc1)c1ccc(OC[C@@H](O)CCl)c(I)c1. The molecular weight excluding hydrogens is 557 g/mol. The second kappa shape index (κ2) is 12.6. The fourth-order valence-electron chi connectivity index (χ4n) is 3.70. The third kappa shape index (κ3) is 7.70. The molecule has 2 aromatic carbocycles. The number of nitrogens with zero attached hydrogens (tertiary/aromatic N) is 1. The van der Waals surface area contributed by atoms with E-state index in [1.54, 1.807) is 0 Å². The van der Waals surface area contributed by atoms with Crippen LogP contribution in [0.3, 0.4) is 0 Å². The average Bonchev–Trinajstić information content (AvgIpc) is 2.82. The molecule has 2 aromatic rings. The highest BCUT2D eigenvalue weighted by molar-refractivity contribution is 14.1. The first-order valence-electron chi connectivity index (χ1n) is 11.2. The number of morpholine rings is 1. The molecule has 1 fully saturated rings. The van der Waals surface area contributed by atoms with Gasteiger partial charge in [0.05, 0.1) is 22.7 Å². The summed E-state index contributed by atoms with van der Waals surface area (Å²) in [4.78, 5) is 2.20. The Balaban J connectivity index is 1.57. The normalized spacial score (nSPS) is 16.9. The van der Waals surface area contributed by atoms with Gasteiger partial charge in [0.15, 0.2) is 0 Å². The van der Waals surface area contributed by atoms with Gasteiger partial charge in [0.1, 0.15) is 36.9 Å². The number of ether oxygens (including phenoxy) is 3. The van der Waals surface area contributed by atoms with Gasteiger partial charge in [-0.25, -0.2) is 0 Å². The number of aliphatic hydroxyl groups is 2. The molecule has 1 saturated heterocycles. The first kappa shape index (κ1) is 26.5. The van der Waals surface area contributed by atoms with Crippen molar-refractivity contribution in [3.05, 3.63) is 57.2 Å². The Bertz CT molecular complexity index is 874. The monoisotopic (exact) mass is 589 g/mol. The van der Waals surface area contributed by atoms with E-state index in [1.165, 1.54) is 0 Å². The molecule has 6 nitrogen and oxygen atoms in total. The number of halogens is 2. The van der Waals surface area contributed by atoms with E-state index in [2.05, 4.69) is 65.6 Å². The van der Waals surface area contributed by atoms with Gasteiger partial charge in [-0.15, -0.1) is 11.6 Å². The molecule has 0 aromatic heterocycles. The highest BCUT2D eigenvalue weighted by Gasteiger charge is 2.24. The summed E-state index contributed by atoms with van der Waals surface area (Å²) in [5.74, 6) is 1.62. The number of alkyl halides is 1. The maximum absolute atomic E-state index is 10.3. The third-order valence-electron chi connectivity index (χ3n) is 5.85. The minimum absolute atomic E-state index is 0.147. The summed E-state index contributed by atoms with van der Waals surface area (Å²) < 4.78 is 17.8. The summed E-state index contributed by atoms with van der Waals surface area (Å²) in [6.07, 6.45) is -1.22. The topological polar surface area (TPSA) is 71.4 Å². The van der Waals surface area contributed by atoms with Crippen molar-refractivity contribution in [3.8, 4) is 11.5 Å². The molecule has 0 spiro atoms. The van der Waals surface area contributed by atoms with Crippen LogP contribution in [0.2, 0.25) is 0 Å². The van der Waals surface area contributed by atoms with Gasteiger partial charge in [0.2, 0.25) is 0 Å². The van der Waals surface area contributed by atoms with Crippen LogP contribution in [-0.4, -0.2) is 79.3 Å². The van der Waals surface area contributed by atoms with E-state index in [-0.39, 0.29) is 24.5 Å². The zero-order chi connectivity index (χ0) is 23.8. The van der Waals surface area contributed by atoms with Crippen LogP contribution in [0, 0.1) is 3.57 Å². The molecule has 8 heteroatoms. The molecule has 3 rings (SSSR count). The second-order valence-electron chi connectivity index (χ2n) is 8.79. The average molecular weight is 590 g/mol. The van der Waals surface area contributed by atoms with Gasteiger partial charge in [-0.1, -0.05) is 32.0 Å². The third-order valence-corrected chi connectivity index (χ3v) is 7.05. The van der Waals surface area contributed by atoms with E-state index in [0.29, 0.717) is 6.54 Å². The first-order chi connectivity index (χ1) is 15.8. The standard InChI is InChI=1S/C25H33ClINO5/c1-25(2,19-5-8-24(23(27)13-19)33-16-20(29)14-26)18-3-6-22(7-4-18)32-17-21(30)15-28-9-11-31-12-10-28/h3-8,13,20-21,29-30H,9-12,14-17H2,1-2H3/t20-,21+/m0/s1. The molecule has 0 aliphatic carbocycles. The lowest BCUT2D eigenvalue weighted by Gasteiger charge is -2.28. The van der Waals surface area contributed by atoms with Crippen LogP contribution >= 0.6 is 34.2 Å². The van der Waals surface area contributed by atoms with Crippen LogP contribution in [0.25, 0.3) is 0 Å². The van der Waals surface area contributed by atoms with E-state index in [9.17, 15) is 10.2 Å². The number of hydrogen-bond donors (Lipinski definition) is 2. The maximum Gasteiger partial charge on any atom is 0.132 e. The van der Waals surface area contributed by atoms with Gasteiger partial charge in [-0.05, 0) is 58.0 Å². The lowest BCUT2D eigenvalue weighted by atomic mass is 9.78. The predicted octanol–water partition coefficient (Wildman–Crippen LogP) is 3.67. The van der Waals surface area contributed by atoms with Crippen LogP contribution < -0.4 is 9.47 Å². The molecule has 0 unspecified atom stereocenters. The summed E-state index contributed by atoms with van der Waals surface area (Å²) in [6.45, 7) is 8.52. The van der Waals surface area contributed by atoms with E-state index >= 15 is 0 Å². The molecule has 33 heavy (non-hydrogen) atoms. The minimum Gasteiger partial charge on any atom is -0.491 e. The van der Waals surface area contributed by atoms with E-state index in [4.69, 9.17) is 25.8 Å². The number of rotatable bonds is 11. The molecule has 182 valence electrons. The van der Waals surface area contributed by atoms with Crippen molar-refractivity contribution >= 4 is 34.2 Å². The molecule has 0 amide bonds. The molecule has 1 aliphatic rings. The summed E-state index contributed by atoms with van der Waals surface area (Å²) in [5.41, 5.74) is 2.10. The summed E-state index contributed by atoms with van der Waals surface area (Å²) in [6, 6.07) is 14.1. The molecule has 1 heterocycles. The molecule has 2 N–H and O–H groups in total. The minimum atomic E-state index is -0.681. The van der Waals surface area contributed by atoms with Crippen LogP contribution in [0.1, 0.15) is 25.0 Å². The number of aliphatic hydroxyl groups excluding tert-OH is 2. The molecular formula is C25H33ClINO5. The highest BCUT2D eigenvalue weighted by atomic mass is 127. The van der Waals surface area contributed by atoms with Crippen molar-refractivity contribution in [2.24, 2.45) is 0 Å². The Kier molecular flexibility index (Phi) is 10.1. The molecule has 0 radical (unpaired) electrons. The van der Waals surface area contributed by atoms with Gasteiger partial charge in [-0.2, -0.15) is 0 Å². The van der Waals surface area contributed by atoms with Gasteiger partial charge in [0.25, 0.3) is 0 Å². The Morgan fingerprint density at radius 2 is 1.64 bits per heavy atom. The smallest absolute Gasteiger partial charge is 0.132 e. The van der Waals surface area contributed by atoms with Crippen molar-refractivity contribution in [1.82, 2.24) is 4.90 Å². The van der Waals surface area contributed by atoms with Crippen molar-refractivity contribution in [3.63, 3.8) is 0 Å². The van der Waals surface area contributed by atoms with Crippen molar-refractivity contribution in [2.45, 2.75) is 31.5 Å². The van der Waals surface area contributed by atoms with E-state index in [1.807, 2.05) is 18.2 Å².